The number of hydrogen-bond acceptors (Lipinski definition) is 4. The van der Waals surface area contributed by atoms with Crippen molar-refractivity contribution in [1.82, 2.24) is 0 Å². The number of carboxylic acid groups (broad SMARTS) is 1. The molecule has 0 spiro atoms. The quantitative estimate of drug-likeness (QED) is 0.107. The molecule has 0 radical (unpaired) electrons. The number of hydrogen-bond donors (Lipinski definition) is 1. The van der Waals surface area contributed by atoms with Gasteiger partial charge < -0.3 is 0 Å². The van der Waals surface area contributed by atoms with Gasteiger partial charge in [0.1, 0.15) is 0 Å². The van der Waals surface area contributed by atoms with Crippen molar-refractivity contribution in [1.29, 1.82) is 0 Å². The third-order valence-electron chi connectivity index (χ3n) is 6.97. The van der Waals surface area contributed by atoms with E-state index < -0.39 is 29.9 Å². The molecule has 0 aliphatic carbocycles. The van der Waals surface area contributed by atoms with Gasteiger partial charge in [-0.3, -0.25) is 0 Å². The average molecular weight is 623 g/mol. The number of allylic oxidation sites excluding steroid dienone is 1. The number of esters is 1. The van der Waals surface area contributed by atoms with Gasteiger partial charge in [0.15, 0.2) is 0 Å². The Balaban J connectivity index is 3.60. The first-order chi connectivity index (χ1) is 17.4. The van der Waals surface area contributed by atoms with Crippen LogP contribution >= 0.6 is 0 Å². The molecule has 1 aromatic carbocycles. The van der Waals surface area contributed by atoms with Crippen molar-refractivity contribution in [2.75, 3.05) is 7.11 Å². The normalized spacial score (nSPS) is 12.5. The van der Waals surface area contributed by atoms with Gasteiger partial charge in [-0.25, -0.2) is 0 Å². The van der Waals surface area contributed by atoms with Gasteiger partial charge in [-0.2, -0.15) is 0 Å². The number of carbonyl (C=O) groups is 2. The van der Waals surface area contributed by atoms with E-state index >= 15 is 0 Å². The fraction of sp³-hybridized carbons (Fsp3) is 0.677. The van der Waals surface area contributed by atoms with Crippen molar-refractivity contribution in [3.63, 3.8) is 0 Å². The Kier molecular flexibility index (Phi) is 14.9. The molecule has 37 heavy (non-hydrogen) atoms. The fourth-order valence-electron chi connectivity index (χ4n) is 5.21. The first-order valence-corrected chi connectivity index (χ1v) is 21.8. The van der Waals surface area contributed by atoms with Gasteiger partial charge in [-0.05, 0) is 0 Å². The second-order valence-electron chi connectivity index (χ2n) is 11.4. The Morgan fingerprint density at radius 2 is 1.49 bits per heavy atom. The Morgan fingerprint density at radius 3 is 1.92 bits per heavy atom. The van der Waals surface area contributed by atoms with E-state index in [1.165, 1.54) is 62.5 Å². The van der Waals surface area contributed by atoms with Crippen LogP contribution < -0.4 is 4.74 Å². The van der Waals surface area contributed by atoms with Crippen molar-refractivity contribution in [3.05, 3.63) is 34.9 Å². The number of benzene rings is 1. The first kappa shape index (κ1) is 33.5. The summed E-state index contributed by atoms with van der Waals surface area (Å²) in [6, 6.07) is 3.99. The topological polar surface area (TPSA) is 72.8 Å². The van der Waals surface area contributed by atoms with Gasteiger partial charge >= 0.3 is 231 Å². The zero-order valence-corrected chi connectivity index (χ0v) is 27.7. The zero-order valence-electron chi connectivity index (χ0n) is 24.8. The predicted molar refractivity (Wildman–Crippen MR) is 157 cm³/mol. The van der Waals surface area contributed by atoms with E-state index in [-0.39, 0.29) is 11.5 Å². The summed E-state index contributed by atoms with van der Waals surface area (Å²) >= 11 is -2.92. The summed E-state index contributed by atoms with van der Waals surface area (Å²) in [6.07, 6.45) is 11.5. The van der Waals surface area contributed by atoms with Crippen LogP contribution in [0.1, 0.15) is 121 Å². The monoisotopic (exact) mass is 624 g/mol. The van der Waals surface area contributed by atoms with Crippen molar-refractivity contribution in [3.8, 4) is 5.75 Å². The molecule has 0 saturated carbocycles. The van der Waals surface area contributed by atoms with E-state index in [1.54, 1.807) is 0 Å². The minimum atomic E-state index is -2.92. The van der Waals surface area contributed by atoms with E-state index in [9.17, 15) is 14.7 Å². The molecule has 1 N–H and O–H groups in total. The summed E-state index contributed by atoms with van der Waals surface area (Å²) in [5, 5.41) is 9.99. The molecule has 0 amide bonds. The summed E-state index contributed by atoms with van der Waals surface area (Å²) < 4.78 is 16.3. The molecule has 0 aliphatic heterocycles. The maximum atomic E-state index is 12.3. The van der Waals surface area contributed by atoms with Crippen molar-refractivity contribution >= 4 is 33.9 Å². The molecule has 0 fully saturated rings. The standard InChI is InChI=1S/C19H25O5.3C4H9.Sn/c1-13-11-14(12-15(18(21)22)17(13)23-5)9-7-6-8-10-16(20)24-19(2,3)4;3*1-3-4-2;/h7,11-12H,6,8,10H2,1-5H3,(H,21,22);3*1,3-4H2,2H3;. The Morgan fingerprint density at radius 1 is 0.946 bits per heavy atom. The molecule has 1 aromatic rings. The van der Waals surface area contributed by atoms with Crippen molar-refractivity contribution < 1.29 is 24.2 Å². The van der Waals surface area contributed by atoms with Crippen molar-refractivity contribution in [2.24, 2.45) is 0 Å². The molecule has 210 valence electrons. The number of aryl methyl sites for hydroxylation is 1. The van der Waals surface area contributed by atoms with E-state index in [1.807, 2.05) is 33.8 Å². The van der Waals surface area contributed by atoms with Gasteiger partial charge in [-0.1, -0.05) is 0 Å². The van der Waals surface area contributed by atoms with Crippen LogP contribution in [0.2, 0.25) is 13.3 Å². The fourth-order valence-corrected chi connectivity index (χ4v) is 22.3. The van der Waals surface area contributed by atoms with Crippen LogP contribution in [0.4, 0.5) is 0 Å². The van der Waals surface area contributed by atoms with Crippen LogP contribution in [-0.4, -0.2) is 48.1 Å². The minimum absolute atomic E-state index is 0.159. The van der Waals surface area contributed by atoms with E-state index in [0.29, 0.717) is 12.2 Å². The van der Waals surface area contributed by atoms with Crippen LogP contribution in [0.25, 0.3) is 3.59 Å². The number of unbranched alkanes of at least 4 members (excludes halogenated alkanes) is 4. The predicted octanol–water partition coefficient (Wildman–Crippen LogP) is 8.99. The summed E-state index contributed by atoms with van der Waals surface area (Å²) in [7, 11) is 1.54. The molecule has 6 heteroatoms. The van der Waals surface area contributed by atoms with Crippen molar-refractivity contribution in [2.45, 2.75) is 125 Å². The van der Waals surface area contributed by atoms with Crippen LogP contribution in [0, 0.1) is 6.92 Å². The summed E-state index contributed by atoms with van der Waals surface area (Å²) in [5.41, 5.74) is 1.68. The third kappa shape index (κ3) is 11.0. The molecule has 0 unspecified atom stereocenters. The van der Waals surface area contributed by atoms with Crippen LogP contribution in [0.15, 0.2) is 18.2 Å². The van der Waals surface area contributed by atoms with Crippen LogP contribution in [-0.2, 0) is 9.53 Å². The molecule has 5 nitrogen and oxygen atoms in total. The Labute approximate surface area is 230 Å². The molecule has 0 atom stereocenters. The zero-order chi connectivity index (χ0) is 28.1. The summed E-state index contributed by atoms with van der Waals surface area (Å²) in [4.78, 5) is 24.5. The molecule has 0 aliphatic rings. The van der Waals surface area contributed by atoms with E-state index in [4.69, 9.17) is 9.47 Å². The van der Waals surface area contributed by atoms with Crippen LogP contribution in [0.5, 0.6) is 5.75 Å². The molecule has 0 aromatic heterocycles. The Bertz CT molecular complexity index is 876. The van der Waals surface area contributed by atoms with Gasteiger partial charge in [0.05, 0.1) is 0 Å². The SMILES string of the molecule is CCC[CH2][Sn]([CH2]CCC)([CH2]CCC)[C](=CCCCC(=O)OC(C)(C)C)c1cc(C)c(OC)c(C(=O)O)c1. The second-order valence-corrected chi connectivity index (χ2v) is 24.5. The molecular weight excluding hydrogens is 571 g/mol. The summed E-state index contributed by atoms with van der Waals surface area (Å²) in [6.45, 7) is 14.4. The van der Waals surface area contributed by atoms with Crippen LogP contribution in [0.3, 0.4) is 0 Å². The van der Waals surface area contributed by atoms with Gasteiger partial charge in [0, 0.05) is 0 Å². The molecule has 1 rings (SSSR count). The third-order valence-corrected chi connectivity index (χ3v) is 22.9. The molecule has 0 bridgehead atoms. The second kappa shape index (κ2) is 16.5. The number of aromatic carboxylic acids is 1. The van der Waals surface area contributed by atoms with E-state index in [0.717, 1.165) is 24.0 Å². The number of rotatable bonds is 17. The number of ether oxygens (including phenoxy) is 2. The summed E-state index contributed by atoms with van der Waals surface area (Å²) in [5.74, 6) is -0.673. The molecular formula is C31H52O5Sn. The number of carboxylic acids is 1. The van der Waals surface area contributed by atoms with E-state index in [2.05, 4.69) is 32.9 Å². The Hall–Kier alpha value is -1.50. The average Bonchev–Trinajstić information content (AvgIpc) is 2.82. The van der Waals surface area contributed by atoms with Gasteiger partial charge in [0.2, 0.25) is 0 Å². The molecule has 0 heterocycles. The van der Waals surface area contributed by atoms with Gasteiger partial charge in [0.25, 0.3) is 0 Å². The number of methoxy groups -OCH3 is 1. The van der Waals surface area contributed by atoms with Gasteiger partial charge in [-0.15, -0.1) is 0 Å². The number of carbonyl (C=O) groups excluding carboxylic acids is 1. The first-order valence-electron chi connectivity index (χ1n) is 14.3. The maximum absolute atomic E-state index is 12.3. The molecule has 0 saturated heterocycles.